The second kappa shape index (κ2) is 6.20. The van der Waals surface area contributed by atoms with Gasteiger partial charge in [0.25, 0.3) is 0 Å². The first-order valence-electron chi connectivity index (χ1n) is 9.00. The van der Waals surface area contributed by atoms with Crippen molar-refractivity contribution in [3.63, 3.8) is 0 Å². The van der Waals surface area contributed by atoms with Gasteiger partial charge >= 0.3 is 0 Å². The zero-order valence-electron chi connectivity index (χ0n) is 15.0. The number of carbonyl (C=O) groups excluding carboxylic acids is 1. The van der Waals surface area contributed by atoms with Gasteiger partial charge in [0, 0.05) is 10.9 Å². The highest BCUT2D eigenvalue weighted by atomic mass is 19.1. The van der Waals surface area contributed by atoms with Crippen molar-refractivity contribution in [1.29, 1.82) is 0 Å². The monoisotopic (exact) mass is 348 g/mol. The lowest BCUT2D eigenvalue weighted by Gasteiger charge is -2.40. The SMILES string of the molecule is CCCC1(C)Cc2c(F)cccc2N(c2cnc3ccccc3c2)C1=O. The molecule has 3 nitrogen and oxygen atoms in total. The minimum absolute atomic E-state index is 0.00883. The first kappa shape index (κ1) is 16.7. The third-order valence-electron chi connectivity index (χ3n) is 5.26. The summed E-state index contributed by atoms with van der Waals surface area (Å²) in [6.45, 7) is 3.99. The molecular weight excluding hydrogens is 327 g/mol. The van der Waals surface area contributed by atoms with Gasteiger partial charge in [-0.15, -0.1) is 0 Å². The van der Waals surface area contributed by atoms with Crippen LogP contribution in [0.1, 0.15) is 32.3 Å². The van der Waals surface area contributed by atoms with Crippen LogP contribution in [0.2, 0.25) is 0 Å². The number of benzene rings is 2. The van der Waals surface area contributed by atoms with Crippen molar-refractivity contribution in [1.82, 2.24) is 4.98 Å². The molecule has 1 atom stereocenters. The number of para-hydroxylation sites is 1. The van der Waals surface area contributed by atoms with Gasteiger partial charge in [0.15, 0.2) is 0 Å². The molecule has 0 saturated heterocycles. The number of pyridine rings is 1. The van der Waals surface area contributed by atoms with Crippen LogP contribution in [0.3, 0.4) is 0 Å². The van der Waals surface area contributed by atoms with E-state index in [4.69, 9.17) is 0 Å². The number of halogens is 1. The summed E-state index contributed by atoms with van der Waals surface area (Å²) in [4.78, 5) is 19.6. The van der Waals surface area contributed by atoms with Crippen LogP contribution in [0, 0.1) is 11.2 Å². The zero-order chi connectivity index (χ0) is 18.3. The quantitative estimate of drug-likeness (QED) is 0.635. The molecule has 1 aliphatic rings. The third kappa shape index (κ3) is 2.57. The molecule has 4 rings (SSSR count). The van der Waals surface area contributed by atoms with Gasteiger partial charge in [0.2, 0.25) is 5.91 Å². The molecule has 0 spiro atoms. The maximum absolute atomic E-state index is 14.6. The number of hydrogen-bond acceptors (Lipinski definition) is 2. The summed E-state index contributed by atoms with van der Waals surface area (Å²) in [5, 5.41) is 0.957. The van der Waals surface area contributed by atoms with E-state index in [-0.39, 0.29) is 11.7 Å². The van der Waals surface area contributed by atoms with Gasteiger partial charge in [-0.25, -0.2) is 4.39 Å². The Hall–Kier alpha value is -2.75. The molecule has 1 aliphatic heterocycles. The highest BCUT2D eigenvalue weighted by molar-refractivity contribution is 6.07. The highest BCUT2D eigenvalue weighted by Gasteiger charge is 2.43. The highest BCUT2D eigenvalue weighted by Crippen LogP contribution is 2.44. The summed E-state index contributed by atoms with van der Waals surface area (Å²) in [5.74, 6) is -0.245. The Bertz CT molecular complexity index is 1000. The Morgan fingerprint density at radius 1 is 1.19 bits per heavy atom. The van der Waals surface area contributed by atoms with Crippen molar-refractivity contribution in [3.8, 4) is 0 Å². The van der Waals surface area contributed by atoms with E-state index in [1.54, 1.807) is 17.2 Å². The number of hydrogen-bond donors (Lipinski definition) is 0. The molecule has 4 heteroatoms. The van der Waals surface area contributed by atoms with Crippen molar-refractivity contribution >= 4 is 28.2 Å². The smallest absolute Gasteiger partial charge is 0.237 e. The lowest BCUT2D eigenvalue weighted by molar-refractivity contribution is -0.127. The molecule has 0 saturated carbocycles. The third-order valence-corrected chi connectivity index (χ3v) is 5.26. The van der Waals surface area contributed by atoms with E-state index in [0.29, 0.717) is 23.4 Å². The van der Waals surface area contributed by atoms with E-state index in [2.05, 4.69) is 11.9 Å². The number of nitrogens with zero attached hydrogens (tertiary/aromatic N) is 2. The van der Waals surface area contributed by atoms with Gasteiger partial charge in [0.1, 0.15) is 5.82 Å². The number of aromatic nitrogens is 1. The van der Waals surface area contributed by atoms with Crippen LogP contribution in [0.4, 0.5) is 15.8 Å². The fourth-order valence-electron chi connectivity index (χ4n) is 3.96. The van der Waals surface area contributed by atoms with E-state index < -0.39 is 5.41 Å². The molecular formula is C22H21FN2O. The largest absolute Gasteiger partial charge is 0.279 e. The van der Waals surface area contributed by atoms with Crippen molar-refractivity contribution in [2.75, 3.05) is 4.90 Å². The second-order valence-electron chi connectivity index (χ2n) is 7.25. The number of fused-ring (bicyclic) bond motifs is 2. The Labute approximate surface area is 152 Å². The number of anilines is 2. The van der Waals surface area contributed by atoms with Crippen LogP contribution < -0.4 is 4.90 Å². The van der Waals surface area contributed by atoms with Gasteiger partial charge in [-0.1, -0.05) is 44.5 Å². The maximum Gasteiger partial charge on any atom is 0.237 e. The number of rotatable bonds is 3. The lowest BCUT2D eigenvalue weighted by atomic mass is 9.75. The topological polar surface area (TPSA) is 33.2 Å². The van der Waals surface area contributed by atoms with Crippen molar-refractivity contribution < 1.29 is 9.18 Å². The van der Waals surface area contributed by atoms with Crippen LogP contribution in [0.25, 0.3) is 10.9 Å². The van der Waals surface area contributed by atoms with Gasteiger partial charge in [0.05, 0.1) is 28.5 Å². The molecule has 2 heterocycles. The number of amides is 1. The van der Waals surface area contributed by atoms with Crippen LogP contribution in [0.15, 0.2) is 54.7 Å². The molecule has 0 bridgehead atoms. The van der Waals surface area contributed by atoms with Crippen LogP contribution in [-0.2, 0) is 11.2 Å². The van der Waals surface area contributed by atoms with Crippen LogP contribution >= 0.6 is 0 Å². The van der Waals surface area contributed by atoms with Crippen molar-refractivity contribution in [2.45, 2.75) is 33.1 Å². The van der Waals surface area contributed by atoms with Gasteiger partial charge in [-0.3, -0.25) is 14.7 Å². The molecule has 0 fully saturated rings. The summed E-state index contributed by atoms with van der Waals surface area (Å²) >= 11 is 0. The average molecular weight is 348 g/mol. The first-order valence-corrected chi connectivity index (χ1v) is 9.00. The van der Waals surface area contributed by atoms with Gasteiger partial charge in [-0.05, 0) is 37.1 Å². The van der Waals surface area contributed by atoms with E-state index in [1.165, 1.54) is 6.07 Å². The normalized spacial score (nSPS) is 19.7. The Morgan fingerprint density at radius 2 is 2.00 bits per heavy atom. The molecule has 3 aromatic rings. The predicted octanol–water partition coefficient (Wildman–Crippen LogP) is 5.40. The molecule has 2 aromatic carbocycles. The van der Waals surface area contributed by atoms with Crippen molar-refractivity contribution in [2.24, 2.45) is 5.41 Å². The summed E-state index contributed by atoms with van der Waals surface area (Å²) in [6.07, 6.45) is 3.72. The maximum atomic E-state index is 14.6. The summed E-state index contributed by atoms with van der Waals surface area (Å²) in [5.41, 5.74) is 2.17. The Kier molecular flexibility index (Phi) is 3.98. The van der Waals surface area contributed by atoms with Gasteiger partial charge in [-0.2, -0.15) is 0 Å². The lowest BCUT2D eigenvalue weighted by Crippen LogP contribution is -2.45. The van der Waals surface area contributed by atoms with E-state index in [1.807, 2.05) is 43.3 Å². The molecule has 1 unspecified atom stereocenters. The fourth-order valence-corrected chi connectivity index (χ4v) is 3.96. The fraction of sp³-hybridized carbons (Fsp3) is 0.273. The first-order chi connectivity index (χ1) is 12.5. The van der Waals surface area contributed by atoms with Gasteiger partial charge < -0.3 is 0 Å². The summed E-state index contributed by atoms with van der Waals surface area (Å²) in [6, 6.07) is 14.7. The van der Waals surface area contributed by atoms with Crippen molar-refractivity contribution in [3.05, 3.63) is 66.1 Å². The molecule has 26 heavy (non-hydrogen) atoms. The predicted molar refractivity (Wildman–Crippen MR) is 102 cm³/mol. The minimum atomic E-state index is -0.615. The molecule has 1 amide bonds. The van der Waals surface area contributed by atoms with E-state index in [9.17, 15) is 9.18 Å². The van der Waals surface area contributed by atoms with Crippen LogP contribution in [0.5, 0.6) is 0 Å². The Morgan fingerprint density at radius 3 is 2.81 bits per heavy atom. The standard InChI is InChI=1S/C22H21FN2O/c1-3-11-22(2)13-17-18(23)8-6-10-20(17)25(21(22)26)16-12-15-7-4-5-9-19(15)24-14-16/h4-10,12,14H,3,11,13H2,1-2H3. The van der Waals surface area contributed by atoms with E-state index >= 15 is 0 Å². The Balaban J connectivity index is 1.92. The molecule has 0 N–H and O–H groups in total. The van der Waals surface area contributed by atoms with Crippen LogP contribution in [-0.4, -0.2) is 10.9 Å². The molecule has 0 radical (unpaired) electrons. The molecule has 0 aliphatic carbocycles. The number of carbonyl (C=O) groups is 1. The summed E-state index contributed by atoms with van der Waals surface area (Å²) < 4.78 is 14.6. The zero-order valence-corrected chi connectivity index (χ0v) is 15.0. The average Bonchev–Trinajstić information content (AvgIpc) is 2.64. The summed E-state index contributed by atoms with van der Waals surface area (Å²) in [7, 11) is 0. The second-order valence-corrected chi connectivity index (χ2v) is 7.25. The minimum Gasteiger partial charge on any atom is -0.279 e. The molecule has 1 aromatic heterocycles. The van der Waals surface area contributed by atoms with E-state index in [0.717, 1.165) is 23.7 Å². The molecule has 132 valence electrons.